The summed E-state index contributed by atoms with van der Waals surface area (Å²) in [5, 5.41) is 15.7. The van der Waals surface area contributed by atoms with Gasteiger partial charge < -0.3 is 15.7 Å². The topological polar surface area (TPSA) is 100 Å². The first kappa shape index (κ1) is 22.1. The summed E-state index contributed by atoms with van der Waals surface area (Å²) in [6.45, 7) is 4.03. The van der Waals surface area contributed by atoms with E-state index in [-0.39, 0.29) is 41.8 Å². The molecule has 7 nitrogen and oxygen atoms in total. The smallest absolute Gasteiger partial charge is 0.255 e. The van der Waals surface area contributed by atoms with Crippen LogP contribution in [0, 0.1) is 11.7 Å². The number of aromatic nitrogens is 3. The zero-order chi connectivity index (χ0) is 22.8. The van der Waals surface area contributed by atoms with Crippen LogP contribution in [0.15, 0.2) is 42.9 Å². The van der Waals surface area contributed by atoms with Crippen molar-refractivity contribution in [2.24, 2.45) is 5.92 Å². The quantitative estimate of drug-likeness (QED) is 0.491. The third kappa shape index (κ3) is 4.71. The predicted octanol–water partition coefficient (Wildman–Crippen LogP) is 4.31. The van der Waals surface area contributed by atoms with Crippen molar-refractivity contribution >= 4 is 29.0 Å². The molecule has 0 bridgehead atoms. The van der Waals surface area contributed by atoms with Gasteiger partial charge in [0, 0.05) is 47.7 Å². The normalized spacial score (nSPS) is 17.3. The highest BCUT2D eigenvalue weighted by Crippen LogP contribution is 2.32. The van der Waals surface area contributed by atoms with Crippen LogP contribution in [0.3, 0.4) is 0 Å². The van der Waals surface area contributed by atoms with E-state index < -0.39 is 5.82 Å². The van der Waals surface area contributed by atoms with Gasteiger partial charge in [0.1, 0.15) is 11.6 Å². The Morgan fingerprint density at radius 1 is 1.31 bits per heavy atom. The molecule has 0 saturated heterocycles. The van der Waals surface area contributed by atoms with Crippen molar-refractivity contribution in [1.29, 1.82) is 0 Å². The van der Waals surface area contributed by atoms with E-state index in [1.807, 2.05) is 13.8 Å². The summed E-state index contributed by atoms with van der Waals surface area (Å²) in [5.74, 6) is 0.0422. The molecule has 1 aliphatic carbocycles. The Balaban J connectivity index is 1.68. The van der Waals surface area contributed by atoms with E-state index in [0.717, 1.165) is 12.0 Å². The molecule has 2 atom stereocenters. The van der Waals surface area contributed by atoms with Gasteiger partial charge in [0.15, 0.2) is 5.82 Å². The van der Waals surface area contributed by atoms with E-state index in [1.165, 1.54) is 24.4 Å². The van der Waals surface area contributed by atoms with Gasteiger partial charge in [-0.25, -0.2) is 14.4 Å². The third-order valence-corrected chi connectivity index (χ3v) is 5.64. The number of halogens is 2. The van der Waals surface area contributed by atoms with Crippen LogP contribution in [0.1, 0.15) is 42.1 Å². The van der Waals surface area contributed by atoms with Crippen molar-refractivity contribution < 1.29 is 14.3 Å². The molecular weight excluding hydrogens is 433 g/mol. The van der Waals surface area contributed by atoms with E-state index in [1.54, 1.807) is 18.5 Å². The van der Waals surface area contributed by atoms with E-state index in [2.05, 4.69) is 25.6 Å². The zero-order valence-corrected chi connectivity index (χ0v) is 18.4. The molecule has 4 rings (SSSR count). The van der Waals surface area contributed by atoms with Crippen LogP contribution >= 0.6 is 11.6 Å². The number of hydrogen-bond donors (Lipinski definition) is 3. The van der Waals surface area contributed by atoms with Crippen LogP contribution in [0.4, 0.5) is 15.9 Å². The molecule has 9 heteroatoms. The third-order valence-electron chi connectivity index (χ3n) is 5.40. The first-order valence-corrected chi connectivity index (χ1v) is 10.7. The van der Waals surface area contributed by atoms with E-state index >= 15 is 0 Å². The molecule has 1 aliphatic rings. The number of nitrogens with zero attached hydrogens (tertiary/aromatic N) is 3. The Hall–Kier alpha value is -3.10. The second-order valence-corrected chi connectivity index (χ2v) is 8.52. The van der Waals surface area contributed by atoms with E-state index in [0.29, 0.717) is 22.1 Å². The fraction of sp³-hybridized carbons (Fsp3) is 0.304. The fourth-order valence-electron chi connectivity index (χ4n) is 3.40. The second-order valence-electron chi connectivity index (χ2n) is 8.08. The number of benzene rings is 1. The monoisotopic (exact) mass is 455 g/mol. The molecule has 3 aromatic rings. The van der Waals surface area contributed by atoms with E-state index in [4.69, 9.17) is 11.6 Å². The summed E-state index contributed by atoms with van der Waals surface area (Å²) in [7, 11) is 0. The largest absolute Gasteiger partial charge is 0.396 e. The van der Waals surface area contributed by atoms with Gasteiger partial charge in [-0.1, -0.05) is 25.4 Å². The second kappa shape index (κ2) is 9.18. The van der Waals surface area contributed by atoms with Crippen LogP contribution in [-0.4, -0.2) is 38.6 Å². The van der Waals surface area contributed by atoms with Crippen LogP contribution in [0.2, 0.25) is 5.02 Å². The number of carbonyl (C=O) groups excluding carboxylic acids is 1. The summed E-state index contributed by atoms with van der Waals surface area (Å²) in [4.78, 5) is 25.7. The standard InChI is InChI=1S/C23H23ClFN5O2/c1-12(2)16-10-27-21(15-8-14(24)3-4-18(15)25)30-22(16)28-19-5-6-26-9-17(19)23(32)29-20-7-13(20)11-31/h3-6,8-10,12-13,20,31H,7,11H2,1-2H3,(H,29,32)(H,26,27,28,30)/t13-,20?/m0/s1. The maximum Gasteiger partial charge on any atom is 0.255 e. The molecule has 0 spiro atoms. The fourth-order valence-corrected chi connectivity index (χ4v) is 3.57. The number of rotatable bonds is 7. The number of amides is 1. The number of carbonyl (C=O) groups is 1. The molecule has 1 amide bonds. The number of aliphatic hydroxyl groups excluding tert-OH is 1. The molecule has 3 N–H and O–H groups in total. The SMILES string of the molecule is CC(C)c1cnc(-c2cc(Cl)ccc2F)nc1Nc1ccncc1C(=O)NC1C[C@H]1CO. The zero-order valence-electron chi connectivity index (χ0n) is 17.6. The Morgan fingerprint density at radius 2 is 2.12 bits per heavy atom. The van der Waals surface area contributed by atoms with Crippen molar-refractivity contribution in [2.45, 2.75) is 32.2 Å². The Labute approximate surface area is 190 Å². The number of hydrogen-bond acceptors (Lipinski definition) is 6. The van der Waals surface area contributed by atoms with Gasteiger partial charge >= 0.3 is 0 Å². The van der Waals surface area contributed by atoms with Gasteiger partial charge in [0.2, 0.25) is 0 Å². The lowest BCUT2D eigenvalue weighted by molar-refractivity contribution is 0.0948. The average molecular weight is 456 g/mol. The van der Waals surface area contributed by atoms with Crippen molar-refractivity contribution in [3.05, 3.63) is 64.8 Å². The van der Waals surface area contributed by atoms with E-state index in [9.17, 15) is 14.3 Å². The molecule has 0 aliphatic heterocycles. The summed E-state index contributed by atoms with van der Waals surface area (Å²) in [6, 6.07) is 5.85. The molecule has 2 aromatic heterocycles. The highest BCUT2D eigenvalue weighted by Gasteiger charge is 2.38. The average Bonchev–Trinajstić information content (AvgIpc) is 3.53. The van der Waals surface area contributed by atoms with Crippen LogP contribution in [-0.2, 0) is 0 Å². The van der Waals surface area contributed by atoms with Gasteiger partial charge in [0.25, 0.3) is 5.91 Å². The van der Waals surface area contributed by atoms with Gasteiger partial charge in [0.05, 0.1) is 16.8 Å². The van der Waals surface area contributed by atoms with Crippen molar-refractivity contribution in [2.75, 3.05) is 11.9 Å². The summed E-state index contributed by atoms with van der Waals surface area (Å²) >= 11 is 6.04. The Morgan fingerprint density at radius 3 is 2.84 bits per heavy atom. The first-order valence-electron chi connectivity index (χ1n) is 10.3. The highest BCUT2D eigenvalue weighted by molar-refractivity contribution is 6.30. The lowest BCUT2D eigenvalue weighted by Gasteiger charge is -2.17. The number of pyridine rings is 1. The van der Waals surface area contributed by atoms with Crippen molar-refractivity contribution in [3.63, 3.8) is 0 Å². The minimum atomic E-state index is -0.482. The molecule has 32 heavy (non-hydrogen) atoms. The molecule has 166 valence electrons. The van der Waals surface area contributed by atoms with Gasteiger partial charge in [-0.3, -0.25) is 9.78 Å². The maximum atomic E-state index is 14.4. The van der Waals surface area contributed by atoms with Crippen LogP contribution in [0.5, 0.6) is 0 Å². The van der Waals surface area contributed by atoms with Crippen molar-refractivity contribution in [1.82, 2.24) is 20.3 Å². The van der Waals surface area contributed by atoms with Gasteiger partial charge in [-0.05, 0) is 36.6 Å². The number of aliphatic hydroxyl groups is 1. The molecular formula is C23H23ClFN5O2. The Bertz CT molecular complexity index is 1160. The summed E-state index contributed by atoms with van der Waals surface area (Å²) in [5.41, 5.74) is 1.85. The molecule has 1 saturated carbocycles. The highest BCUT2D eigenvalue weighted by atomic mass is 35.5. The van der Waals surface area contributed by atoms with Crippen LogP contribution < -0.4 is 10.6 Å². The minimum Gasteiger partial charge on any atom is -0.396 e. The Kier molecular flexibility index (Phi) is 6.34. The first-order chi connectivity index (χ1) is 15.4. The molecule has 1 unspecified atom stereocenters. The van der Waals surface area contributed by atoms with Gasteiger partial charge in [-0.2, -0.15) is 0 Å². The molecule has 2 heterocycles. The number of anilines is 2. The summed E-state index contributed by atoms with van der Waals surface area (Å²) in [6.07, 6.45) is 5.44. The predicted molar refractivity (Wildman–Crippen MR) is 120 cm³/mol. The summed E-state index contributed by atoms with van der Waals surface area (Å²) < 4.78 is 14.4. The van der Waals surface area contributed by atoms with Crippen LogP contribution in [0.25, 0.3) is 11.4 Å². The molecule has 1 fully saturated rings. The van der Waals surface area contributed by atoms with Crippen molar-refractivity contribution in [3.8, 4) is 11.4 Å². The maximum absolute atomic E-state index is 14.4. The minimum absolute atomic E-state index is 0.0387. The molecule has 0 radical (unpaired) electrons. The lowest BCUT2D eigenvalue weighted by Crippen LogP contribution is -2.28. The van der Waals surface area contributed by atoms with Gasteiger partial charge in [-0.15, -0.1) is 0 Å². The molecule has 1 aromatic carbocycles. The lowest BCUT2D eigenvalue weighted by atomic mass is 10.1. The number of nitrogens with one attached hydrogen (secondary N) is 2.